The Morgan fingerprint density at radius 1 is 1.25 bits per heavy atom. The van der Waals surface area contributed by atoms with Crippen LogP contribution < -0.4 is 5.32 Å². The van der Waals surface area contributed by atoms with E-state index >= 15 is 0 Å². The van der Waals surface area contributed by atoms with Crippen molar-refractivity contribution in [3.05, 3.63) is 0 Å². The zero-order valence-electron chi connectivity index (χ0n) is 12.6. The van der Waals surface area contributed by atoms with Crippen LogP contribution in [-0.2, 0) is 4.79 Å². The molecule has 0 unspecified atom stereocenters. The molecule has 6 nitrogen and oxygen atoms in total. The highest BCUT2D eigenvalue weighted by atomic mass is 16.4. The third-order valence-electron chi connectivity index (χ3n) is 4.78. The predicted molar refractivity (Wildman–Crippen MR) is 75.6 cm³/mol. The first-order chi connectivity index (χ1) is 9.24. The SMILES string of the molecule is CN1CCN(C(=O)NC2(CC(=O)O)CCC2)CC1(C)C. The lowest BCUT2D eigenvalue weighted by Crippen LogP contribution is -2.64. The van der Waals surface area contributed by atoms with Crippen LogP contribution >= 0.6 is 0 Å². The molecule has 1 aliphatic carbocycles. The molecule has 0 bridgehead atoms. The summed E-state index contributed by atoms with van der Waals surface area (Å²) in [5.41, 5.74) is -0.564. The number of carboxylic acid groups (broad SMARTS) is 1. The first-order valence-corrected chi connectivity index (χ1v) is 7.24. The molecule has 2 amide bonds. The molecule has 0 aromatic heterocycles. The fourth-order valence-corrected chi connectivity index (χ4v) is 2.96. The van der Waals surface area contributed by atoms with Gasteiger partial charge >= 0.3 is 12.0 Å². The summed E-state index contributed by atoms with van der Waals surface area (Å²) in [7, 11) is 2.06. The molecule has 0 spiro atoms. The van der Waals surface area contributed by atoms with Crippen molar-refractivity contribution in [1.82, 2.24) is 15.1 Å². The van der Waals surface area contributed by atoms with E-state index < -0.39 is 11.5 Å². The van der Waals surface area contributed by atoms with Gasteiger partial charge in [-0.1, -0.05) is 0 Å². The van der Waals surface area contributed by atoms with Gasteiger partial charge in [0.2, 0.25) is 0 Å². The molecule has 1 heterocycles. The Morgan fingerprint density at radius 2 is 1.90 bits per heavy atom. The largest absolute Gasteiger partial charge is 0.481 e. The minimum atomic E-state index is -0.844. The average Bonchev–Trinajstić information content (AvgIpc) is 2.29. The van der Waals surface area contributed by atoms with Gasteiger partial charge in [-0.2, -0.15) is 0 Å². The molecule has 1 saturated carbocycles. The van der Waals surface area contributed by atoms with Crippen LogP contribution in [0.3, 0.4) is 0 Å². The highest BCUT2D eigenvalue weighted by molar-refractivity contribution is 5.77. The molecule has 1 saturated heterocycles. The first kappa shape index (κ1) is 15.1. The van der Waals surface area contributed by atoms with Crippen LogP contribution in [0.1, 0.15) is 39.5 Å². The van der Waals surface area contributed by atoms with Gasteiger partial charge in [-0.3, -0.25) is 9.69 Å². The van der Waals surface area contributed by atoms with Crippen LogP contribution in [0.15, 0.2) is 0 Å². The number of carbonyl (C=O) groups excluding carboxylic acids is 1. The second kappa shape index (κ2) is 5.24. The Morgan fingerprint density at radius 3 is 2.35 bits per heavy atom. The number of carboxylic acids is 1. The zero-order chi connectivity index (χ0) is 15.0. The number of carbonyl (C=O) groups is 2. The molecule has 0 aromatic rings. The van der Waals surface area contributed by atoms with Crippen molar-refractivity contribution in [2.75, 3.05) is 26.7 Å². The first-order valence-electron chi connectivity index (χ1n) is 7.24. The van der Waals surface area contributed by atoms with Gasteiger partial charge in [0.25, 0.3) is 0 Å². The van der Waals surface area contributed by atoms with Crippen LogP contribution in [0.4, 0.5) is 4.79 Å². The van der Waals surface area contributed by atoms with Gasteiger partial charge < -0.3 is 15.3 Å². The maximum absolute atomic E-state index is 12.4. The number of urea groups is 1. The molecule has 0 radical (unpaired) electrons. The Labute approximate surface area is 120 Å². The number of rotatable bonds is 3. The minimum absolute atomic E-state index is 0.0237. The molecule has 2 rings (SSSR count). The molecule has 1 aliphatic heterocycles. The second-order valence-electron chi connectivity index (χ2n) is 6.79. The molecule has 6 heteroatoms. The normalized spacial score (nSPS) is 24.9. The molecule has 2 aliphatic rings. The number of piperazine rings is 1. The van der Waals surface area contributed by atoms with Gasteiger partial charge in [0.05, 0.1) is 12.0 Å². The molecule has 114 valence electrons. The average molecular weight is 283 g/mol. The molecule has 20 heavy (non-hydrogen) atoms. The van der Waals surface area contributed by atoms with E-state index in [0.717, 1.165) is 25.8 Å². The number of likely N-dealkylation sites (N-methyl/N-ethyl adjacent to an activating group) is 1. The summed E-state index contributed by atoms with van der Waals surface area (Å²) in [6.45, 7) is 6.42. The summed E-state index contributed by atoms with van der Waals surface area (Å²) in [6.07, 6.45) is 2.54. The van der Waals surface area contributed by atoms with E-state index in [2.05, 4.69) is 31.1 Å². The van der Waals surface area contributed by atoms with E-state index in [9.17, 15) is 9.59 Å². The van der Waals surface area contributed by atoms with Gasteiger partial charge in [-0.15, -0.1) is 0 Å². The zero-order valence-corrected chi connectivity index (χ0v) is 12.6. The molecule has 2 N–H and O–H groups in total. The van der Waals surface area contributed by atoms with E-state index in [1.807, 2.05) is 4.90 Å². The fraction of sp³-hybridized carbons (Fsp3) is 0.857. The van der Waals surface area contributed by atoms with Crippen LogP contribution in [0.2, 0.25) is 0 Å². The van der Waals surface area contributed by atoms with Gasteiger partial charge in [0, 0.05) is 25.2 Å². The topological polar surface area (TPSA) is 72.9 Å². The van der Waals surface area contributed by atoms with E-state index in [0.29, 0.717) is 13.1 Å². The Kier molecular flexibility index (Phi) is 3.95. The fourth-order valence-electron chi connectivity index (χ4n) is 2.96. The van der Waals surface area contributed by atoms with Crippen molar-refractivity contribution in [3.8, 4) is 0 Å². The van der Waals surface area contributed by atoms with Gasteiger partial charge in [0.15, 0.2) is 0 Å². The summed E-state index contributed by atoms with van der Waals surface area (Å²) >= 11 is 0. The number of nitrogens with zero attached hydrogens (tertiary/aromatic N) is 2. The van der Waals surface area contributed by atoms with Crippen molar-refractivity contribution in [1.29, 1.82) is 0 Å². The summed E-state index contributed by atoms with van der Waals surface area (Å²) < 4.78 is 0. The summed E-state index contributed by atoms with van der Waals surface area (Å²) in [5, 5.41) is 12.0. The van der Waals surface area contributed by atoms with Gasteiger partial charge in [0.1, 0.15) is 0 Å². The standard InChI is InChI=1S/C14H25N3O3/c1-13(2)10-17(8-7-16(13)3)12(20)15-14(5-4-6-14)9-11(18)19/h4-10H2,1-3H3,(H,15,20)(H,18,19). The number of hydrogen-bond acceptors (Lipinski definition) is 3. The third kappa shape index (κ3) is 3.06. The van der Waals surface area contributed by atoms with E-state index in [4.69, 9.17) is 5.11 Å². The van der Waals surface area contributed by atoms with Crippen molar-refractivity contribution >= 4 is 12.0 Å². The molecule has 0 aromatic carbocycles. The Hall–Kier alpha value is -1.30. The van der Waals surface area contributed by atoms with Gasteiger partial charge in [-0.05, 0) is 40.2 Å². The van der Waals surface area contributed by atoms with Crippen LogP contribution in [0.5, 0.6) is 0 Å². The second-order valence-corrected chi connectivity index (χ2v) is 6.79. The number of hydrogen-bond donors (Lipinski definition) is 2. The maximum Gasteiger partial charge on any atom is 0.317 e. The molecular formula is C14H25N3O3. The Balaban J connectivity index is 1.96. The lowest BCUT2D eigenvalue weighted by Gasteiger charge is -2.47. The van der Waals surface area contributed by atoms with E-state index in [1.54, 1.807) is 0 Å². The highest BCUT2D eigenvalue weighted by Gasteiger charge is 2.42. The van der Waals surface area contributed by atoms with E-state index in [-0.39, 0.29) is 18.0 Å². The van der Waals surface area contributed by atoms with Crippen LogP contribution in [-0.4, -0.2) is 64.7 Å². The van der Waals surface area contributed by atoms with Gasteiger partial charge in [-0.25, -0.2) is 4.79 Å². The van der Waals surface area contributed by atoms with Crippen molar-refractivity contribution in [2.45, 2.75) is 50.6 Å². The Bertz CT molecular complexity index is 404. The smallest absolute Gasteiger partial charge is 0.317 e. The minimum Gasteiger partial charge on any atom is -0.481 e. The quantitative estimate of drug-likeness (QED) is 0.814. The summed E-state index contributed by atoms with van der Waals surface area (Å²) in [5.74, 6) is -0.844. The number of aliphatic carboxylic acids is 1. The van der Waals surface area contributed by atoms with Crippen LogP contribution in [0, 0.1) is 0 Å². The molecule has 0 atom stereocenters. The predicted octanol–water partition coefficient (Wildman–Crippen LogP) is 1.12. The monoisotopic (exact) mass is 283 g/mol. The lowest BCUT2D eigenvalue weighted by atomic mass is 9.74. The van der Waals surface area contributed by atoms with Crippen LogP contribution in [0.25, 0.3) is 0 Å². The van der Waals surface area contributed by atoms with Crippen molar-refractivity contribution < 1.29 is 14.7 Å². The number of nitrogens with one attached hydrogen (secondary N) is 1. The van der Waals surface area contributed by atoms with E-state index in [1.165, 1.54) is 0 Å². The van der Waals surface area contributed by atoms with Crippen molar-refractivity contribution in [2.24, 2.45) is 0 Å². The lowest BCUT2D eigenvalue weighted by molar-refractivity contribution is -0.139. The summed E-state index contributed by atoms with van der Waals surface area (Å²) in [6, 6.07) is -0.118. The maximum atomic E-state index is 12.4. The van der Waals surface area contributed by atoms with Crippen molar-refractivity contribution in [3.63, 3.8) is 0 Å². The molecular weight excluding hydrogens is 258 g/mol. The molecule has 2 fully saturated rings. The highest BCUT2D eigenvalue weighted by Crippen LogP contribution is 2.35. The number of amides is 2. The summed E-state index contributed by atoms with van der Waals surface area (Å²) in [4.78, 5) is 27.4. The third-order valence-corrected chi connectivity index (χ3v) is 4.78.